The van der Waals surface area contributed by atoms with Crippen molar-refractivity contribution < 1.29 is 9.53 Å². The second kappa shape index (κ2) is 6.80. The molecule has 2 N–H and O–H groups in total. The molecule has 0 saturated carbocycles. The minimum atomic E-state index is -0.484. The molecule has 0 atom stereocenters. The number of ether oxygens (including phenoxy) is 1. The van der Waals surface area contributed by atoms with Gasteiger partial charge < -0.3 is 10.5 Å². The molecule has 20 heavy (non-hydrogen) atoms. The zero-order valence-corrected chi connectivity index (χ0v) is 13.2. The van der Waals surface area contributed by atoms with Crippen molar-refractivity contribution in [3.63, 3.8) is 0 Å². The predicted molar refractivity (Wildman–Crippen MR) is 82.4 cm³/mol. The van der Waals surface area contributed by atoms with Crippen molar-refractivity contribution in [3.8, 4) is 0 Å². The van der Waals surface area contributed by atoms with Crippen LogP contribution in [0.15, 0.2) is 24.3 Å². The van der Waals surface area contributed by atoms with Crippen LogP contribution in [-0.4, -0.2) is 34.6 Å². The van der Waals surface area contributed by atoms with Crippen molar-refractivity contribution in [2.45, 2.75) is 13.0 Å². The molecule has 0 aliphatic heterocycles. The summed E-state index contributed by atoms with van der Waals surface area (Å²) in [5.74, 6) is -0.484. The van der Waals surface area contributed by atoms with E-state index in [1.54, 1.807) is 4.68 Å². The third-order valence-corrected chi connectivity index (χ3v) is 3.56. The van der Waals surface area contributed by atoms with Crippen LogP contribution in [0.2, 0.25) is 0 Å². The molecule has 1 aromatic carbocycles. The van der Waals surface area contributed by atoms with Gasteiger partial charge in [0.05, 0.1) is 19.3 Å². The molecule has 0 saturated heterocycles. The quantitative estimate of drug-likeness (QED) is 0.617. The molecule has 0 aliphatic rings. The Morgan fingerprint density at radius 1 is 1.40 bits per heavy atom. The summed E-state index contributed by atoms with van der Waals surface area (Å²) in [7, 11) is 1.33. The number of nitrogens with zero attached hydrogens (tertiary/aromatic N) is 3. The number of rotatable bonds is 5. The highest BCUT2D eigenvalue weighted by atomic mass is 127. The topological polar surface area (TPSA) is 83.0 Å². The first-order valence-corrected chi connectivity index (χ1v) is 7.18. The Labute approximate surface area is 130 Å². The SMILES string of the molecule is COC(=O)c1nnn(Cc2ccc(I)cc2)c1CCN. The lowest BCUT2D eigenvalue weighted by Gasteiger charge is -2.07. The molecule has 106 valence electrons. The zero-order chi connectivity index (χ0) is 14.5. The first-order chi connectivity index (χ1) is 9.65. The van der Waals surface area contributed by atoms with Gasteiger partial charge in [-0.15, -0.1) is 5.10 Å². The van der Waals surface area contributed by atoms with Crippen LogP contribution in [0.25, 0.3) is 0 Å². The number of hydrogen-bond acceptors (Lipinski definition) is 5. The maximum absolute atomic E-state index is 11.6. The number of benzene rings is 1. The van der Waals surface area contributed by atoms with E-state index in [1.807, 2.05) is 24.3 Å². The van der Waals surface area contributed by atoms with Crippen molar-refractivity contribution in [2.75, 3.05) is 13.7 Å². The monoisotopic (exact) mass is 386 g/mol. The molecular weight excluding hydrogens is 371 g/mol. The lowest BCUT2D eigenvalue weighted by Crippen LogP contribution is -2.14. The Morgan fingerprint density at radius 2 is 2.10 bits per heavy atom. The number of hydrogen-bond donors (Lipinski definition) is 1. The smallest absolute Gasteiger partial charge is 0.360 e. The van der Waals surface area contributed by atoms with Gasteiger partial charge in [0, 0.05) is 9.99 Å². The van der Waals surface area contributed by atoms with Crippen LogP contribution in [0.3, 0.4) is 0 Å². The summed E-state index contributed by atoms with van der Waals surface area (Å²) in [5.41, 5.74) is 7.62. The van der Waals surface area contributed by atoms with Gasteiger partial charge >= 0.3 is 5.97 Å². The van der Waals surface area contributed by atoms with E-state index in [9.17, 15) is 4.79 Å². The van der Waals surface area contributed by atoms with Gasteiger partial charge in [-0.3, -0.25) is 0 Å². The van der Waals surface area contributed by atoms with Crippen LogP contribution in [0.1, 0.15) is 21.7 Å². The Morgan fingerprint density at radius 3 is 2.70 bits per heavy atom. The first-order valence-electron chi connectivity index (χ1n) is 6.11. The van der Waals surface area contributed by atoms with Crippen molar-refractivity contribution in [1.29, 1.82) is 0 Å². The van der Waals surface area contributed by atoms with E-state index in [4.69, 9.17) is 10.5 Å². The highest BCUT2D eigenvalue weighted by molar-refractivity contribution is 14.1. The van der Waals surface area contributed by atoms with Crippen LogP contribution in [-0.2, 0) is 17.7 Å². The number of carbonyl (C=O) groups excluding carboxylic acids is 1. The second-order valence-corrected chi connectivity index (χ2v) is 5.44. The lowest BCUT2D eigenvalue weighted by molar-refractivity contribution is 0.0592. The van der Waals surface area contributed by atoms with E-state index in [0.717, 1.165) is 5.56 Å². The van der Waals surface area contributed by atoms with E-state index in [1.165, 1.54) is 10.7 Å². The van der Waals surface area contributed by atoms with Crippen LogP contribution in [0.5, 0.6) is 0 Å². The molecule has 0 bridgehead atoms. The van der Waals surface area contributed by atoms with Crippen molar-refractivity contribution >= 4 is 28.6 Å². The van der Waals surface area contributed by atoms with Crippen molar-refractivity contribution in [2.24, 2.45) is 5.73 Å². The number of aromatic nitrogens is 3. The van der Waals surface area contributed by atoms with Gasteiger partial charge in [0.1, 0.15) is 0 Å². The van der Waals surface area contributed by atoms with Crippen molar-refractivity contribution in [3.05, 3.63) is 44.8 Å². The van der Waals surface area contributed by atoms with Gasteiger partial charge in [-0.1, -0.05) is 17.3 Å². The average Bonchev–Trinajstić information content (AvgIpc) is 2.84. The average molecular weight is 386 g/mol. The number of carbonyl (C=O) groups is 1. The third kappa shape index (κ3) is 3.34. The molecule has 1 aromatic heterocycles. The molecular formula is C13H15IN4O2. The molecule has 0 amide bonds. The van der Waals surface area contributed by atoms with Gasteiger partial charge in [0.2, 0.25) is 0 Å². The molecule has 2 aromatic rings. The fraction of sp³-hybridized carbons (Fsp3) is 0.308. The number of esters is 1. The number of nitrogens with two attached hydrogens (primary N) is 1. The van der Waals surface area contributed by atoms with Crippen LogP contribution in [0.4, 0.5) is 0 Å². The summed E-state index contributed by atoms with van der Waals surface area (Å²) in [4.78, 5) is 11.6. The Kier molecular flexibility index (Phi) is 5.07. The third-order valence-electron chi connectivity index (χ3n) is 2.84. The second-order valence-electron chi connectivity index (χ2n) is 4.20. The Bertz CT molecular complexity index is 595. The molecule has 0 spiro atoms. The zero-order valence-electron chi connectivity index (χ0n) is 11.0. The number of halogens is 1. The minimum absolute atomic E-state index is 0.239. The van der Waals surface area contributed by atoms with E-state index in [2.05, 4.69) is 32.9 Å². The molecule has 6 nitrogen and oxygen atoms in total. The number of methoxy groups -OCH3 is 1. The van der Waals surface area contributed by atoms with Gasteiger partial charge in [-0.2, -0.15) is 0 Å². The standard InChI is InChI=1S/C13H15IN4O2/c1-20-13(19)12-11(6-7-15)18(17-16-12)8-9-2-4-10(14)5-3-9/h2-5H,6-8,15H2,1H3. The summed E-state index contributed by atoms with van der Waals surface area (Å²) in [6, 6.07) is 8.09. The van der Waals surface area contributed by atoms with Gasteiger partial charge in [-0.25, -0.2) is 9.48 Å². The van der Waals surface area contributed by atoms with Crippen LogP contribution < -0.4 is 5.73 Å². The van der Waals surface area contributed by atoms with Gasteiger partial charge in [-0.05, 0) is 46.8 Å². The van der Waals surface area contributed by atoms with Gasteiger partial charge in [0.15, 0.2) is 5.69 Å². The molecule has 0 unspecified atom stereocenters. The maximum atomic E-state index is 11.6. The molecule has 1 heterocycles. The summed E-state index contributed by atoms with van der Waals surface area (Å²) < 4.78 is 7.57. The van der Waals surface area contributed by atoms with Crippen molar-refractivity contribution in [1.82, 2.24) is 15.0 Å². The van der Waals surface area contributed by atoms with E-state index < -0.39 is 5.97 Å². The van der Waals surface area contributed by atoms with Crippen LogP contribution in [0, 0.1) is 3.57 Å². The molecule has 0 aliphatic carbocycles. The highest BCUT2D eigenvalue weighted by Crippen LogP contribution is 2.12. The lowest BCUT2D eigenvalue weighted by atomic mass is 10.2. The van der Waals surface area contributed by atoms with Gasteiger partial charge in [0.25, 0.3) is 0 Å². The summed E-state index contributed by atoms with van der Waals surface area (Å²) in [6.07, 6.45) is 0.530. The molecule has 0 radical (unpaired) electrons. The summed E-state index contributed by atoms with van der Waals surface area (Å²) >= 11 is 2.25. The summed E-state index contributed by atoms with van der Waals surface area (Å²) in [6.45, 7) is 0.973. The predicted octanol–water partition coefficient (Wildman–Crippen LogP) is 1.22. The van der Waals surface area contributed by atoms with E-state index >= 15 is 0 Å². The summed E-state index contributed by atoms with van der Waals surface area (Å²) in [5, 5.41) is 7.93. The van der Waals surface area contributed by atoms with E-state index in [-0.39, 0.29) is 5.69 Å². The maximum Gasteiger partial charge on any atom is 0.360 e. The minimum Gasteiger partial charge on any atom is -0.464 e. The Balaban J connectivity index is 2.29. The normalized spacial score (nSPS) is 10.6. The molecule has 0 fully saturated rings. The largest absolute Gasteiger partial charge is 0.464 e. The first kappa shape index (κ1) is 14.9. The Hall–Kier alpha value is -1.48. The fourth-order valence-electron chi connectivity index (χ4n) is 1.86. The van der Waals surface area contributed by atoms with Crippen LogP contribution >= 0.6 is 22.6 Å². The molecule has 2 rings (SSSR count). The highest BCUT2D eigenvalue weighted by Gasteiger charge is 2.19. The fourth-order valence-corrected chi connectivity index (χ4v) is 2.22. The molecule has 7 heteroatoms. The van der Waals surface area contributed by atoms with E-state index in [0.29, 0.717) is 25.2 Å².